The Morgan fingerprint density at radius 1 is 1.45 bits per heavy atom. The molecular weight excluding hydrogens is 138 g/mol. The predicted octanol–water partition coefficient (Wildman–Crippen LogP) is 1.85. The first-order valence-corrected chi connectivity index (χ1v) is 4.58. The van der Waals surface area contributed by atoms with Crippen molar-refractivity contribution < 1.29 is 4.74 Å². The van der Waals surface area contributed by atoms with Gasteiger partial charge in [0.25, 0.3) is 0 Å². The molecule has 0 spiro atoms. The van der Waals surface area contributed by atoms with Crippen molar-refractivity contribution in [3.63, 3.8) is 0 Å². The van der Waals surface area contributed by atoms with E-state index < -0.39 is 0 Å². The summed E-state index contributed by atoms with van der Waals surface area (Å²) in [5.74, 6) is 0. The molecule has 0 radical (unpaired) electrons. The van der Waals surface area contributed by atoms with Gasteiger partial charge in [-0.25, -0.2) is 0 Å². The Hall–Kier alpha value is -0.0800. The minimum atomic E-state index is 0.378. The van der Waals surface area contributed by atoms with Crippen LogP contribution in [0.3, 0.4) is 0 Å². The van der Waals surface area contributed by atoms with Gasteiger partial charge in [-0.05, 0) is 32.7 Å². The van der Waals surface area contributed by atoms with Gasteiger partial charge in [-0.1, -0.05) is 6.92 Å². The smallest absolute Gasteiger partial charge is 0.110 e. The molecule has 2 atom stereocenters. The Bertz CT molecular complexity index is 116. The van der Waals surface area contributed by atoms with Gasteiger partial charge in [0.2, 0.25) is 0 Å². The largest absolute Gasteiger partial charge is 0.366 e. The fourth-order valence-electron chi connectivity index (χ4n) is 1.97. The molecule has 0 saturated carbocycles. The minimum Gasteiger partial charge on any atom is -0.366 e. The third-order valence-electron chi connectivity index (χ3n) is 2.65. The summed E-state index contributed by atoms with van der Waals surface area (Å²) >= 11 is 0. The van der Waals surface area contributed by atoms with Crippen LogP contribution in [0, 0.1) is 0 Å². The number of hydrogen-bond donors (Lipinski definition) is 0. The van der Waals surface area contributed by atoms with Crippen molar-refractivity contribution >= 4 is 0 Å². The van der Waals surface area contributed by atoms with E-state index in [1.165, 1.54) is 19.3 Å². The van der Waals surface area contributed by atoms with Crippen LogP contribution in [0.15, 0.2) is 0 Å². The lowest BCUT2D eigenvalue weighted by atomic mass is 10.0. The Kier molecular flexibility index (Phi) is 3.34. The average Bonchev–Trinajstić information content (AvgIpc) is 2.04. The number of nitrogens with zero attached hydrogens (tertiary/aromatic N) is 1. The van der Waals surface area contributed by atoms with Crippen LogP contribution in [0.2, 0.25) is 0 Å². The molecule has 1 heterocycles. The molecule has 66 valence electrons. The maximum Gasteiger partial charge on any atom is 0.110 e. The molecule has 0 aliphatic carbocycles. The molecule has 2 heteroatoms. The van der Waals surface area contributed by atoms with Crippen LogP contribution in [-0.2, 0) is 4.74 Å². The van der Waals surface area contributed by atoms with Gasteiger partial charge >= 0.3 is 0 Å². The third kappa shape index (κ3) is 1.94. The van der Waals surface area contributed by atoms with Crippen molar-refractivity contribution in [2.24, 2.45) is 0 Å². The summed E-state index contributed by atoms with van der Waals surface area (Å²) in [6.45, 7) is 5.60. The molecule has 1 aliphatic heterocycles. The summed E-state index contributed by atoms with van der Waals surface area (Å²) in [6.07, 6.45) is 4.22. The lowest BCUT2D eigenvalue weighted by Gasteiger charge is -2.38. The lowest BCUT2D eigenvalue weighted by molar-refractivity contribution is -0.0752. The fraction of sp³-hybridized carbons (Fsp3) is 1.00. The summed E-state index contributed by atoms with van der Waals surface area (Å²) in [5, 5.41) is 0. The zero-order valence-electron chi connectivity index (χ0n) is 7.84. The van der Waals surface area contributed by atoms with E-state index in [0.29, 0.717) is 12.3 Å². The molecule has 2 nitrogen and oxygen atoms in total. The first kappa shape index (κ1) is 9.01. The van der Waals surface area contributed by atoms with Crippen LogP contribution in [0.1, 0.15) is 33.1 Å². The van der Waals surface area contributed by atoms with E-state index in [0.717, 1.165) is 6.54 Å². The highest BCUT2D eigenvalue weighted by Gasteiger charge is 2.25. The SMILES string of the molecule is CCN1C(C)CCC[C@@H]1OC. The quantitative estimate of drug-likeness (QED) is 0.606. The number of likely N-dealkylation sites (tertiary alicyclic amines) is 1. The van der Waals surface area contributed by atoms with Crippen LogP contribution >= 0.6 is 0 Å². The van der Waals surface area contributed by atoms with Gasteiger partial charge in [-0.2, -0.15) is 0 Å². The molecule has 0 aromatic carbocycles. The van der Waals surface area contributed by atoms with E-state index in [1.54, 1.807) is 0 Å². The highest BCUT2D eigenvalue weighted by atomic mass is 16.5. The maximum atomic E-state index is 5.39. The molecule has 0 aromatic rings. The summed E-state index contributed by atoms with van der Waals surface area (Å²) < 4.78 is 5.39. The van der Waals surface area contributed by atoms with Crippen LogP contribution in [0.5, 0.6) is 0 Å². The fourth-order valence-corrected chi connectivity index (χ4v) is 1.97. The van der Waals surface area contributed by atoms with Crippen LogP contribution in [0.4, 0.5) is 0 Å². The molecule has 11 heavy (non-hydrogen) atoms. The third-order valence-corrected chi connectivity index (χ3v) is 2.65. The van der Waals surface area contributed by atoms with Crippen molar-refractivity contribution in [1.29, 1.82) is 0 Å². The number of hydrogen-bond acceptors (Lipinski definition) is 2. The monoisotopic (exact) mass is 157 g/mol. The molecule has 0 bridgehead atoms. The van der Waals surface area contributed by atoms with Gasteiger partial charge in [0.1, 0.15) is 6.23 Å². The van der Waals surface area contributed by atoms with Gasteiger partial charge in [0.15, 0.2) is 0 Å². The molecule has 1 rings (SSSR count). The summed E-state index contributed by atoms with van der Waals surface area (Å²) in [5.41, 5.74) is 0. The molecular formula is C9H19NO. The number of piperidine rings is 1. The predicted molar refractivity (Wildman–Crippen MR) is 46.5 cm³/mol. The second kappa shape index (κ2) is 4.07. The Morgan fingerprint density at radius 3 is 2.64 bits per heavy atom. The van der Waals surface area contributed by atoms with E-state index in [9.17, 15) is 0 Å². The van der Waals surface area contributed by atoms with E-state index in [-0.39, 0.29) is 0 Å². The zero-order chi connectivity index (χ0) is 8.27. The van der Waals surface area contributed by atoms with Crippen LogP contribution in [-0.4, -0.2) is 30.8 Å². The molecule has 1 aliphatic rings. The van der Waals surface area contributed by atoms with Gasteiger partial charge < -0.3 is 4.74 Å². The van der Waals surface area contributed by atoms with Gasteiger partial charge in [-0.15, -0.1) is 0 Å². The molecule has 0 aromatic heterocycles. The number of rotatable bonds is 2. The minimum absolute atomic E-state index is 0.378. The van der Waals surface area contributed by atoms with Crippen molar-refractivity contribution in [3.05, 3.63) is 0 Å². The Balaban J connectivity index is 2.48. The molecule has 0 N–H and O–H groups in total. The molecule has 0 amide bonds. The topological polar surface area (TPSA) is 12.5 Å². The van der Waals surface area contributed by atoms with Crippen LogP contribution in [0.25, 0.3) is 0 Å². The number of methoxy groups -OCH3 is 1. The van der Waals surface area contributed by atoms with E-state index in [1.807, 2.05) is 7.11 Å². The van der Waals surface area contributed by atoms with Crippen molar-refractivity contribution in [1.82, 2.24) is 4.90 Å². The normalized spacial score (nSPS) is 34.1. The second-order valence-corrected chi connectivity index (χ2v) is 3.30. The first-order chi connectivity index (χ1) is 5.29. The van der Waals surface area contributed by atoms with E-state index >= 15 is 0 Å². The lowest BCUT2D eigenvalue weighted by Crippen LogP contribution is -2.45. The average molecular weight is 157 g/mol. The molecule has 1 unspecified atom stereocenters. The highest BCUT2D eigenvalue weighted by molar-refractivity contribution is 4.75. The van der Waals surface area contributed by atoms with Crippen molar-refractivity contribution in [2.45, 2.75) is 45.4 Å². The van der Waals surface area contributed by atoms with Gasteiger partial charge in [0, 0.05) is 13.2 Å². The molecule has 1 saturated heterocycles. The Labute approximate surface area is 69.5 Å². The standard InChI is InChI=1S/C9H19NO/c1-4-10-8(2)6-5-7-9(10)11-3/h8-9H,4-7H2,1-3H3/t8?,9-/m0/s1. The summed E-state index contributed by atoms with van der Waals surface area (Å²) in [7, 11) is 1.81. The summed E-state index contributed by atoms with van der Waals surface area (Å²) in [6, 6.07) is 0.707. The first-order valence-electron chi connectivity index (χ1n) is 4.58. The van der Waals surface area contributed by atoms with Crippen molar-refractivity contribution in [2.75, 3.05) is 13.7 Å². The van der Waals surface area contributed by atoms with Crippen molar-refractivity contribution in [3.8, 4) is 0 Å². The second-order valence-electron chi connectivity index (χ2n) is 3.30. The summed E-state index contributed by atoms with van der Waals surface area (Å²) in [4.78, 5) is 2.43. The number of ether oxygens (including phenoxy) is 1. The Morgan fingerprint density at radius 2 is 2.18 bits per heavy atom. The zero-order valence-corrected chi connectivity index (χ0v) is 7.84. The van der Waals surface area contributed by atoms with E-state index in [4.69, 9.17) is 4.74 Å². The molecule has 1 fully saturated rings. The van der Waals surface area contributed by atoms with Gasteiger partial charge in [-0.3, -0.25) is 4.90 Å². The maximum absolute atomic E-state index is 5.39. The van der Waals surface area contributed by atoms with E-state index in [2.05, 4.69) is 18.7 Å². The van der Waals surface area contributed by atoms with Gasteiger partial charge in [0.05, 0.1) is 0 Å². The highest BCUT2D eigenvalue weighted by Crippen LogP contribution is 2.22. The van der Waals surface area contributed by atoms with Crippen LogP contribution < -0.4 is 0 Å².